The Morgan fingerprint density at radius 2 is 1.52 bits per heavy atom. The maximum absolute atomic E-state index is 13.3. The summed E-state index contributed by atoms with van der Waals surface area (Å²) in [7, 11) is 0. The summed E-state index contributed by atoms with van der Waals surface area (Å²) in [5, 5.41) is 13.8. The Balaban J connectivity index is 1.82. The molecule has 33 heavy (non-hydrogen) atoms. The molecule has 0 saturated carbocycles. The molecule has 0 spiro atoms. The molecule has 0 radical (unpaired) electrons. The van der Waals surface area contributed by atoms with Crippen molar-refractivity contribution in [2.45, 2.75) is 24.0 Å². The zero-order valence-corrected chi connectivity index (χ0v) is 19.1. The Morgan fingerprint density at radius 3 is 2.18 bits per heavy atom. The smallest absolute Gasteiger partial charge is 0.328 e. The highest BCUT2D eigenvalue weighted by molar-refractivity contribution is 8.00. The molecule has 7 heteroatoms. The summed E-state index contributed by atoms with van der Waals surface area (Å²) in [6.45, 7) is 3.97. The topological polar surface area (TPSA) is 95.5 Å². The molecule has 0 heterocycles. The minimum atomic E-state index is -1.20. The van der Waals surface area contributed by atoms with Gasteiger partial charge in [0.05, 0.1) is 0 Å². The molecule has 0 aliphatic rings. The molecule has 0 saturated heterocycles. The van der Waals surface area contributed by atoms with Gasteiger partial charge in [0.25, 0.3) is 0 Å². The fraction of sp³-hybridized carbons (Fsp3) is 0.115. The minimum absolute atomic E-state index is 0.157. The summed E-state index contributed by atoms with van der Waals surface area (Å²) < 4.78 is 0. The van der Waals surface area contributed by atoms with Crippen molar-refractivity contribution < 1.29 is 19.5 Å². The summed E-state index contributed by atoms with van der Waals surface area (Å²) in [5.74, 6) is -1.91. The predicted molar refractivity (Wildman–Crippen MR) is 131 cm³/mol. The van der Waals surface area contributed by atoms with E-state index in [0.29, 0.717) is 5.69 Å². The van der Waals surface area contributed by atoms with E-state index >= 15 is 0 Å². The van der Waals surface area contributed by atoms with Gasteiger partial charge in [-0.1, -0.05) is 42.5 Å². The van der Waals surface area contributed by atoms with Gasteiger partial charge in [0, 0.05) is 28.4 Å². The van der Waals surface area contributed by atoms with Crippen LogP contribution in [0.2, 0.25) is 0 Å². The molecule has 1 unspecified atom stereocenters. The number of carboxylic acid groups (broad SMARTS) is 1. The standard InChI is InChI=1S/C26H24N2O4S/c1-17-13-18(2)15-21(14-17)28-26(32)25(19-7-4-3-5-8-19)33-22-10-6-9-20(16-22)27-23(29)11-12-24(30)31/h3-16,25H,1-2H3,(H,27,29)(H,28,32)(H,30,31)/b12-11+. The van der Waals surface area contributed by atoms with E-state index in [0.717, 1.165) is 39.4 Å². The lowest BCUT2D eigenvalue weighted by molar-refractivity contribution is -0.131. The van der Waals surface area contributed by atoms with Crippen LogP contribution < -0.4 is 10.6 Å². The maximum atomic E-state index is 13.3. The van der Waals surface area contributed by atoms with Gasteiger partial charge in [-0.2, -0.15) is 0 Å². The van der Waals surface area contributed by atoms with E-state index in [9.17, 15) is 14.4 Å². The number of aryl methyl sites for hydroxylation is 2. The molecule has 6 nitrogen and oxygen atoms in total. The minimum Gasteiger partial charge on any atom is -0.478 e. The van der Waals surface area contributed by atoms with Gasteiger partial charge in [0.2, 0.25) is 11.8 Å². The maximum Gasteiger partial charge on any atom is 0.328 e. The molecule has 3 N–H and O–H groups in total. The number of rotatable bonds is 8. The van der Waals surface area contributed by atoms with Gasteiger partial charge < -0.3 is 15.7 Å². The summed E-state index contributed by atoms with van der Waals surface area (Å²) in [5.41, 5.74) is 4.22. The largest absolute Gasteiger partial charge is 0.478 e. The number of benzene rings is 3. The van der Waals surface area contributed by atoms with Crippen LogP contribution in [-0.4, -0.2) is 22.9 Å². The van der Waals surface area contributed by atoms with Crippen LogP contribution in [0.1, 0.15) is 21.9 Å². The molecule has 0 aliphatic heterocycles. The quantitative estimate of drug-likeness (QED) is 0.311. The van der Waals surface area contributed by atoms with Crippen LogP contribution in [0.15, 0.2) is 89.8 Å². The van der Waals surface area contributed by atoms with Crippen LogP contribution in [0.5, 0.6) is 0 Å². The van der Waals surface area contributed by atoms with Gasteiger partial charge in [-0.3, -0.25) is 9.59 Å². The van der Waals surface area contributed by atoms with Crippen LogP contribution in [-0.2, 0) is 14.4 Å². The summed E-state index contributed by atoms with van der Waals surface area (Å²) in [4.78, 5) is 36.6. The summed E-state index contributed by atoms with van der Waals surface area (Å²) in [6.07, 6.45) is 1.73. The zero-order chi connectivity index (χ0) is 23.8. The van der Waals surface area contributed by atoms with Crippen LogP contribution in [0, 0.1) is 13.8 Å². The van der Waals surface area contributed by atoms with Crippen LogP contribution >= 0.6 is 11.8 Å². The monoisotopic (exact) mass is 460 g/mol. The Labute approximate surface area is 196 Å². The number of aliphatic carboxylic acids is 1. The van der Waals surface area contributed by atoms with Crippen LogP contribution in [0.3, 0.4) is 0 Å². The first kappa shape index (κ1) is 23.8. The van der Waals surface area contributed by atoms with Gasteiger partial charge in [-0.05, 0) is 60.9 Å². The normalized spacial score (nSPS) is 11.7. The Kier molecular flexibility index (Phi) is 8.05. The highest BCUT2D eigenvalue weighted by atomic mass is 32.2. The second-order valence-electron chi connectivity index (χ2n) is 7.46. The van der Waals surface area contributed by atoms with Crippen molar-refractivity contribution >= 4 is 40.9 Å². The summed E-state index contributed by atoms with van der Waals surface area (Å²) in [6, 6.07) is 22.4. The summed E-state index contributed by atoms with van der Waals surface area (Å²) >= 11 is 1.36. The van der Waals surface area contributed by atoms with Crippen molar-refractivity contribution in [3.8, 4) is 0 Å². The third kappa shape index (κ3) is 7.36. The lowest BCUT2D eigenvalue weighted by Gasteiger charge is -2.18. The fourth-order valence-corrected chi connectivity index (χ4v) is 4.35. The van der Waals surface area contributed by atoms with E-state index in [4.69, 9.17) is 5.11 Å². The van der Waals surface area contributed by atoms with Gasteiger partial charge >= 0.3 is 5.97 Å². The fourth-order valence-electron chi connectivity index (χ4n) is 3.27. The van der Waals surface area contributed by atoms with Crippen molar-refractivity contribution in [2.75, 3.05) is 10.6 Å². The lowest BCUT2D eigenvalue weighted by Crippen LogP contribution is -2.19. The van der Waals surface area contributed by atoms with Crippen molar-refractivity contribution in [3.63, 3.8) is 0 Å². The molecule has 3 aromatic carbocycles. The number of carboxylic acids is 1. The van der Waals surface area contributed by atoms with Crippen LogP contribution in [0.25, 0.3) is 0 Å². The lowest BCUT2D eigenvalue weighted by atomic mass is 10.1. The number of hydrogen-bond donors (Lipinski definition) is 3. The van der Waals surface area contributed by atoms with Crippen molar-refractivity contribution in [2.24, 2.45) is 0 Å². The van der Waals surface area contributed by atoms with E-state index in [1.807, 2.05) is 68.4 Å². The van der Waals surface area contributed by atoms with E-state index in [2.05, 4.69) is 10.6 Å². The molecule has 2 amide bonds. The van der Waals surface area contributed by atoms with E-state index < -0.39 is 17.1 Å². The number of carbonyl (C=O) groups is 3. The molecule has 0 bridgehead atoms. The molecule has 0 aliphatic carbocycles. The molecule has 3 aromatic rings. The van der Waals surface area contributed by atoms with Gasteiger partial charge in [0.1, 0.15) is 5.25 Å². The number of thioether (sulfide) groups is 1. The molecule has 168 valence electrons. The molecule has 1 atom stereocenters. The molecule has 0 fully saturated rings. The number of hydrogen-bond acceptors (Lipinski definition) is 4. The Hall–Kier alpha value is -3.84. The first-order chi connectivity index (χ1) is 15.8. The van der Waals surface area contributed by atoms with E-state index in [1.165, 1.54) is 11.8 Å². The second kappa shape index (κ2) is 11.2. The first-order valence-corrected chi connectivity index (χ1v) is 11.1. The Bertz CT molecular complexity index is 1170. The first-order valence-electron chi connectivity index (χ1n) is 10.2. The number of carbonyl (C=O) groups excluding carboxylic acids is 2. The van der Waals surface area contributed by atoms with Crippen molar-refractivity contribution in [3.05, 3.63) is 102 Å². The Morgan fingerprint density at radius 1 is 0.818 bits per heavy atom. The molecular formula is C26H24N2O4S. The van der Waals surface area contributed by atoms with Crippen molar-refractivity contribution in [1.29, 1.82) is 0 Å². The van der Waals surface area contributed by atoms with E-state index in [1.54, 1.807) is 18.2 Å². The van der Waals surface area contributed by atoms with Crippen molar-refractivity contribution in [1.82, 2.24) is 0 Å². The second-order valence-corrected chi connectivity index (χ2v) is 8.64. The highest BCUT2D eigenvalue weighted by Crippen LogP contribution is 2.37. The van der Waals surface area contributed by atoms with Gasteiger partial charge in [-0.25, -0.2) is 4.79 Å². The average molecular weight is 461 g/mol. The van der Waals surface area contributed by atoms with E-state index in [-0.39, 0.29) is 5.91 Å². The molecule has 0 aromatic heterocycles. The van der Waals surface area contributed by atoms with Gasteiger partial charge in [0.15, 0.2) is 0 Å². The third-order valence-electron chi connectivity index (χ3n) is 4.56. The number of anilines is 2. The number of amides is 2. The highest BCUT2D eigenvalue weighted by Gasteiger charge is 2.22. The third-order valence-corrected chi connectivity index (χ3v) is 5.81. The zero-order valence-electron chi connectivity index (χ0n) is 18.2. The predicted octanol–water partition coefficient (Wildman–Crippen LogP) is 5.35. The van der Waals surface area contributed by atoms with Gasteiger partial charge in [-0.15, -0.1) is 11.8 Å². The molecule has 3 rings (SSSR count). The number of nitrogens with one attached hydrogen (secondary N) is 2. The average Bonchev–Trinajstić information content (AvgIpc) is 2.76. The molecular weight excluding hydrogens is 436 g/mol. The van der Waals surface area contributed by atoms with Crippen LogP contribution in [0.4, 0.5) is 11.4 Å². The SMILES string of the molecule is Cc1cc(C)cc(NC(=O)C(Sc2cccc(NC(=O)/C=C/C(=O)O)c2)c2ccccc2)c1.